The van der Waals surface area contributed by atoms with E-state index in [-0.39, 0.29) is 6.42 Å². The van der Waals surface area contributed by atoms with E-state index in [1.54, 1.807) is 0 Å². The van der Waals surface area contributed by atoms with Gasteiger partial charge in [0.15, 0.2) is 0 Å². The molecule has 4 nitrogen and oxygen atoms in total. The molecule has 0 aromatic carbocycles. The second-order valence-electron chi connectivity index (χ2n) is 5.48. The zero-order chi connectivity index (χ0) is 13.0. The van der Waals surface area contributed by atoms with Crippen LogP contribution in [0.2, 0.25) is 0 Å². The molecule has 0 aromatic heterocycles. The van der Waals surface area contributed by atoms with Crippen molar-refractivity contribution < 1.29 is 9.90 Å². The van der Waals surface area contributed by atoms with Gasteiger partial charge in [0.1, 0.15) is 0 Å². The van der Waals surface area contributed by atoms with Crippen LogP contribution in [0.4, 0.5) is 0 Å². The summed E-state index contributed by atoms with van der Waals surface area (Å²) in [6.45, 7) is 8.77. The number of likely N-dealkylation sites (N-methyl/N-ethyl adjacent to an activating group) is 1. The molecule has 0 spiro atoms. The molecule has 0 amide bonds. The van der Waals surface area contributed by atoms with Crippen molar-refractivity contribution in [2.45, 2.75) is 58.2 Å². The zero-order valence-electron chi connectivity index (χ0n) is 11.5. The Hall–Kier alpha value is -0.610. The fraction of sp³-hybridized carbons (Fsp3) is 0.923. The van der Waals surface area contributed by atoms with E-state index in [0.717, 1.165) is 25.9 Å². The molecule has 100 valence electrons. The molecule has 2 unspecified atom stereocenters. The zero-order valence-corrected chi connectivity index (χ0v) is 11.5. The molecule has 17 heavy (non-hydrogen) atoms. The highest BCUT2D eigenvalue weighted by molar-refractivity contribution is 5.66. The summed E-state index contributed by atoms with van der Waals surface area (Å²) in [4.78, 5) is 15.5. The van der Waals surface area contributed by atoms with Crippen molar-refractivity contribution in [1.29, 1.82) is 0 Å². The monoisotopic (exact) mass is 242 g/mol. The van der Waals surface area contributed by atoms with Crippen LogP contribution < -0.4 is 0 Å². The summed E-state index contributed by atoms with van der Waals surface area (Å²) in [6, 6.07) is 1.45. The molecule has 0 radical (unpaired) electrons. The van der Waals surface area contributed by atoms with E-state index >= 15 is 0 Å². The second-order valence-corrected chi connectivity index (χ2v) is 5.48. The first-order chi connectivity index (χ1) is 7.91. The number of carbonyl (C=O) groups is 1. The Labute approximate surface area is 105 Å². The summed E-state index contributed by atoms with van der Waals surface area (Å²) >= 11 is 0. The summed E-state index contributed by atoms with van der Waals surface area (Å²) in [5, 5.41) is 8.81. The SMILES string of the molecule is CC(C)N1CCC(C)N(C)C(CCC(=O)O)C1. The average Bonchev–Trinajstić information content (AvgIpc) is 2.38. The number of hydrogen-bond donors (Lipinski definition) is 1. The topological polar surface area (TPSA) is 43.8 Å². The molecule has 0 aromatic rings. The van der Waals surface area contributed by atoms with Crippen molar-refractivity contribution in [3.8, 4) is 0 Å². The van der Waals surface area contributed by atoms with Gasteiger partial charge in [-0.25, -0.2) is 0 Å². The largest absolute Gasteiger partial charge is 0.481 e. The van der Waals surface area contributed by atoms with Crippen LogP contribution in [0.25, 0.3) is 0 Å². The van der Waals surface area contributed by atoms with E-state index in [0.29, 0.717) is 18.1 Å². The van der Waals surface area contributed by atoms with E-state index < -0.39 is 5.97 Å². The third-order valence-corrected chi connectivity index (χ3v) is 3.97. The van der Waals surface area contributed by atoms with Crippen LogP contribution >= 0.6 is 0 Å². The van der Waals surface area contributed by atoms with E-state index in [2.05, 4.69) is 37.6 Å². The highest BCUT2D eigenvalue weighted by Gasteiger charge is 2.27. The summed E-state index contributed by atoms with van der Waals surface area (Å²) in [5.41, 5.74) is 0. The van der Waals surface area contributed by atoms with Gasteiger partial charge in [-0.3, -0.25) is 14.6 Å². The molecule has 1 fully saturated rings. The highest BCUT2D eigenvalue weighted by Crippen LogP contribution is 2.19. The molecule has 1 saturated heterocycles. The Morgan fingerprint density at radius 2 is 2.12 bits per heavy atom. The van der Waals surface area contributed by atoms with Gasteiger partial charge in [-0.15, -0.1) is 0 Å². The van der Waals surface area contributed by atoms with Gasteiger partial charge >= 0.3 is 5.97 Å². The molecule has 1 rings (SSSR count). The number of carboxylic acids is 1. The predicted octanol–water partition coefficient (Wildman–Crippen LogP) is 1.65. The Morgan fingerprint density at radius 1 is 1.47 bits per heavy atom. The maximum Gasteiger partial charge on any atom is 0.303 e. The minimum Gasteiger partial charge on any atom is -0.481 e. The lowest BCUT2D eigenvalue weighted by Gasteiger charge is -2.32. The van der Waals surface area contributed by atoms with Crippen molar-refractivity contribution in [2.24, 2.45) is 0 Å². The van der Waals surface area contributed by atoms with Gasteiger partial charge in [-0.2, -0.15) is 0 Å². The van der Waals surface area contributed by atoms with Crippen molar-refractivity contribution in [2.75, 3.05) is 20.1 Å². The molecule has 0 aliphatic carbocycles. The number of nitrogens with zero attached hydrogens (tertiary/aromatic N) is 2. The Kier molecular flexibility index (Phi) is 5.40. The average molecular weight is 242 g/mol. The van der Waals surface area contributed by atoms with Gasteiger partial charge in [0.2, 0.25) is 0 Å². The fourth-order valence-corrected chi connectivity index (χ4v) is 2.46. The first kappa shape index (κ1) is 14.5. The third-order valence-electron chi connectivity index (χ3n) is 3.97. The van der Waals surface area contributed by atoms with Gasteiger partial charge in [0.25, 0.3) is 0 Å². The molecular formula is C13H26N2O2. The van der Waals surface area contributed by atoms with E-state index in [9.17, 15) is 4.79 Å². The first-order valence-corrected chi connectivity index (χ1v) is 6.59. The van der Waals surface area contributed by atoms with Gasteiger partial charge in [0, 0.05) is 31.1 Å². The fourth-order valence-electron chi connectivity index (χ4n) is 2.46. The molecule has 1 aliphatic heterocycles. The maximum absolute atomic E-state index is 10.7. The lowest BCUT2D eigenvalue weighted by atomic mass is 10.1. The first-order valence-electron chi connectivity index (χ1n) is 6.59. The Morgan fingerprint density at radius 3 is 2.65 bits per heavy atom. The predicted molar refractivity (Wildman–Crippen MR) is 69.2 cm³/mol. The number of aliphatic carboxylic acids is 1. The van der Waals surface area contributed by atoms with Gasteiger partial charge in [-0.05, 0) is 47.2 Å². The van der Waals surface area contributed by atoms with E-state index in [1.807, 2.05) is 0 Å². The van der Waals surface area contributed by atoms with Crippen LogP contribution in [0.5, 0.6) is 0 Å². The molecule has 0 saturated carbocycles. The van der Waals surface area contributed by atoms with E-state index in [1.165, 1.54) is 0 Å². The summed E-state index contributed by atoms with van der Waals surface area (Å²) in [7, 11) is 2.13. The molecule has 1 aliphatic rings. The van der Waals surface area contributed by atoms with Crippen LogP contribution in [0.3, 0.4) is 0 Å². The minimum atomic E-state index is -0.689. The maximum atomic E-state index is 10.7. The van der Waals surface area contributed by atoms with Gasteiger partial charge in [0.05, 0.1) is 0 Å². The van der Waals surface area contributed by atoms with Crippen molar-refractivity contribution in [3.05, 3.63) is 0 Å². The number of rotatable bonds is 4. The van der Waals surface area contributed by atoms with Crippen molar-refractivity contribution >= 4 is 5.97 Å². The summed E-state index contributed by atoms with van der Waals surface area (Å²) in [6.07, 6.45) is 2.19. The molecule has 4 heteroatoms. The Bertz CT molecular complexity index is 256. The molecule has 1 heterocycles. The number of carboxylic acid groups (broad SMARTS) is 1. The molecule has 1 N–H and O–H groups in total. The number of hydrogen-bond acceptors (Lipinski definition) is 3. The molecule has 2 atom stereocenters. The van der Waals surface area contributed by atoms with Crippen LogP contribution in [-0.2, 0) is 4.79 Å². The minimum absolute atomic E-state index is 0.271. The van der Waals surface area contributed by atoms with Gasteiger partial charge in [-0.1, -0.05) is 0 Å². The van der Waals surface area contributed by atoms with Crippen LogP contribution in [0.15, 0.2) is 0 Å². The van der Waals surface area contributed by atoms with Crippen LogP contribution in [-0.4, -0.2) is 59.1 Å². The third kappa shape index (κ3) is 4.28. The standard InChI is InChI=1S/C13H26N2O2/c1-10(2)15-8-7-11(3)14(4)12(9-15)5-6-13(16)17/h10-12H,5-9H2,1-4H3,(H,16,17). The van der Waals surface area contributed by atoms with E-state index in [4.69, 9.17) is 5.11 Å². The van der Waals surface area contributed by atoms with Crippen molar-refractivity contribution in [1.82, 2.24) is 9.80 Å². The van der Waals surface area contributed by atoms with Crippen LogP contribution in [0.1, 0.15) is 40.0 Å². The summed E-state index contributed by atoms with van der Waals surface area (Å²) < 4.78 is 0. The second kappa shape index (κ2) is 6.36. The lowest BCUT2D eigenvalue weighted by Crippen LogP contribution is -2.43. The van der Waals surface area contributed by atoms with Crippen LogP contribution in [0, 0.1) is 0 Å². The smallest absolute Gasteiger partial charge is 0.303 e. The Balaban J connectivity index is 2.64. The molecule has 0 bridgehead atoms. The van der Waals surface area contributed by atoms with Crippen molar-refractivity contribution in [3.63, 3.8) is 0 Å². The molecular weight excluding hydrogens is 216 g/mol. The van der Waals surface area contributed by atoms with Gasteiger partial charge < -0.3 is 5.11 Å². The normalized spacial score (nSPS) is 28.3. The summed E-state index contributed by atoms with van der Waals surface area (Å²) in [5.74, 6) is -0.689. The highest BCUT2D eigenvalue weighted by atomic mass is 16.4. The quantitative estimate of drug-likeness (QED) is 0.814. The lowest BCUT2D eigenvalue weighted by molar-refractivity contribution is -0.137.